The van der Waals surface area contributed by atoms with Gasteiger partial charge >= 0.3 is 6.18 Å². The fraction of sp³-hybridized carbons (Fsp3) is 0.519. The number of benzene rings is 3. The number of nitriles is 1. The number of nitrogens with one attached hydrogen (secondary N) is 3. The summed E-state index contributed by atoms with van der Waals surface area (Å²) >= 11 is 1.57. The van der Waals surface area contributed by atoms with Crippen LogP contribution in [0, 0.1) is 34.5 Å². The highest BCUT2D eigenvalue weighted by atomic mass is 32.1. The van der Waals surface area contributed by atoms with E-state index in [9.17, 15) is 37.5 Å². The summed E-state index contributed by atoms with van der Waals surface area (Å²) in [5.74, 6) is -0.885. The van der Waals surface area contributed by atoms with Crippen LogP contribution in [0.5, 0.6) is 11.5 Å². The van der Waals surface area contributed by atoms with Crippen LogP contribution in [0.1, 0.15) is 100 Å². The summed E-state index contributed by atoms with van der Waals surface area (Å²) in [7, 11) is 0. The molecule has 392 valence electrons. The van der Waals surface area contributed by atoms with Crippen LogP contribution in [-0.4, -0.2) is 119 Å². The fourth-order valence-corrected chi connectivity index (χ4v) is 11.4. The molecule has 3 atom stereocenters. The van der Waals surface area contributed by atoms with Crippen molar-refractivity contribution < 1.29 is 51.7 Å². The molecule has 7 rings (SSSR count). The molecule has 0 bridgehead atoms. The third-order valence-electron chi connectivity index (χ3n) is 14.2. The Morgan fingerprint density at radius 3 is 2.21 bits per heavy atom. The van der Waals surface area contributed by atoms with E-state index < -0.39 is 63.7 Å². The number of amides is 4. The van der Waals surface area contributed by atoms with E-state index in [1.165, 1.54) is 11.0 Å². The second-order valence-corrected chi connectivity index (χ2v) is 22.4. The first-order chi connectivity index (χ1) is 34.4. The Morgan fingerprint density at radius 1 is 0.945 bits per heavy atom. The van der Waals surface area contributed by atoms with Crippen LogP contribution in [-0.2, 0) is 31.8 Å². The van der Waals surface area contributed by atoms with Gasteiger partial charge in [-0.15, -0.1) is 11.3 Å². The smallest absolute Gasteiger partial charge is 0.417 e. The van der Waals surface area contributed by atoms with Gasteiger partial charge in [0.05, 0.1) is 58.6 Å². The van der Waals surface area contributed by atoms with Gasteiger partial charge in [0.2, 0.25) is 17.7 Å². The highest BCUT2D eigenvalue weighted by Crippen LogP contribution is 2.56. The van der Waals surface area contributed by atoms with E-state index in [1.807, 2.05) is 84.6 Å². The Labute approximate surface area is 428 Å². The molecular formula is C54H66F3N7O8S. The number of ether oxygens (including phenoxy) is 3. The van der Waals surface area contributed by atoms with Crippen LogP contribution in [0.4, 0.5) is 13.2 Å². The molecule has 3 aromatic carbocycles. The fourth-order valence-electron chi connectivity index (χ4n) is 10.6. The molecule has 4 N–H and O–H groups in total. The number of aryl methyl sites for hydroxylation is 1. The number of nitrogens with zero attached hydrogens (tertiary/aromatic N) is 4. The highest BCUT2D eigenvalue weighted by Gasteiger charge is 2.64. The molecule has 1 aromatic heterocycles. The summed E-state index contributed by atoms with van der Waals surface area (Å²) in [5.41, 5.74) is 1.55. The van der Waals surface area contributed by atoms with Gasteiger partial charge in [0.25, 0.3) is 5.91 Å². The Kier molecular flexibility index (Phi) is 16.6. The minimum absolute atomic E-state index is 0.00820. The lowest BCUT2D eigenvalue weighted by molar-refractivity contribution is -0.164. The van der Waals surface area contributed by atoms with Gasteiger partial charge in [0, 0.05) is 55.0 Å². The van der Waals surface area contributed by atoms with Crippen molar-refractivity contribution in [3.8, 4) is 28.0 Å². The quantitative estimate of drug-likeness (QED) is 0.0776. The molecule has 3 aliphatic rings. The van der Waals surface area contributed by atoms with Crippen LogP contribution in [0.3, 0.4) is 0 Å². The van der Waals surface area contributed by atoms with Crippen LogP contribution in [0.2, 0.25) is 0 Å². The normalized spacial score (nSPS) is 21.3. The minimum atomic E-state index is -4.72. The van der Waals surface area contributed by atoms with Crippen molar-refractivity contribution in [1.82, 2.24) is 30.7 Å². The van der Waals surface area contributed by atoms with Crippen molar-refractivity contribution in [2.45, 2.75) is 124 Å². The zero-order chi connectivity index (χ0) is 53.0. The van der Waals surface area contributed by atoms with E-state index in [1.54, 1.807) is 47.2 Å². The van der Waals surface area contributed by atoms with Gasteiger partial charge in [-0.05, 0) is 78.8 Å². The monoisotopic (exact) mass is 1030 g/mol. The second kappa shape index (κ2) is 22.2. The molecule has 73 heavy (non-hydrogen) atoms. The molecule has 0 radical (unpaired) electrons. The van der Waals surface area contributed by atoms with Crippen LogP contribution < -0.4 is 25.4 Å². The summed E-state index contributed by atoms with van der Waals surface area (Å²) in [6, 6.07) is 17.2. The molecule has 1 aliphatic carbocycles. The predicted molar refractivity (Wildman–Crippen MR) is 268 cm³/mol. The van der Waals surface area contributed by atoms with E-state index in [-0.39, 0.29) is 68.3 Å². The average Bonchev–Trinajstić information content (AvgIpc) is 3.96. The van der Waals surface area contributed by atoms with Gasteiger partial charge in [-0.2, -0.15) is 18.4 Å². The topological polar surface area (TPSA) is 195 Å². The van der Waals surface area contributed by atoms with Crippen LogP contribution in [0.15, 0.2) is 72.2 Å². The predicted octanol–water partition coefficient (Wildman–Crippen LogP) is 7.29. The molecule has 1 saturated carbocycles. The molecule has 2 aliphatic heterocycles. The highest BCUT2D eigenvalue weighted by molar-refractivity contribution is 7.13. The molecule has 4 amide bonds. The molecule has 2 saturated heterocycles. The van der Waals surface area contributed by atoms with Crippen LogP contribution in [0.25, 0.3) is 10.4 Å². The Morgan fingerprint density at radius 2 is 1.60 bits per heavy atom. The molecule has 19 heteroatoms. The number of aliphatic hydroxyl groups excluding tert-OH is 1. The first-order valence-corrected chi connectivity index (χ1v) is 25.5. The van der Waals surface area contributed by atoms with Crippen LogP contribution >= 0.6 is 11.3 Å². The van der Waals surface area contributed by atoms with Crippen molar-refractivity contribution in [2.24, 2.45) is 16.2 Å². The van der Waals surface area contributed by atoms with Crippen molar-refractivity contribution in [1.29, 1.82) is 5.26 Å². The molecule has 3 fully saturated rings. The Balaban J connectivity index is 0.813. The number of carbonyl (C=O) groups excluding carboxylic acids is 4. The summed E-state index contributed by atoms with van der Waals surface area (Å²) in [4.78, 5) is 63.4. The van der Waals surface area contributed by atoms with Crippen molar-refractivity contribution in [3.05, 3.63) is 100 Å². The van der Waals surface area contributed by atoms with Gasteiger partial charge < -0.3 is 40.2 Å². The number of thiazole rings is 1. The number of likely N-dealkylation sites (tertiary alicyclic amines) is 2. The SMILES string of the molecule is Cc1ncsc1-c1ccc(CNC(=O)[C@@H]2C[C@@H](O)CN2C(=O)[C@@H](NC(=O)CN2CCC(OCCOc3ccc(C(=O)NC4C(C)(C)C(Oc5ccc(C#N)c(C(F)(F)F)c5)C4(C)C)cc3)CC2)C(C)(C)C)cc1. The molecule has 4 aromatic rings. The Bertz CT molecular complexity index is 2640. The third kappa shape index (κ3) is 12.8. The maximum Gasteiger partial charge on any atom is 0.417 e. The molecule has 0 unspecified atom stereocenters. The summed E-state index contributed by atoms with van der Waals surface area (Å²) in [6.07, 6.45) is -4.71. The average molecular weight is 1030 g/mol. The standard InChI is InChI=1S/C54H66F3N7O8S/c1-32-44(73-31-60-32)34-11-9-33(10-12-34)28-59-47(68)42-25-37(65)29-64(42)48(69)45(51(2,3)4)61-43(66)30-63-21-19-39(20-22-63)71-24-23-70-38-16-13-35(14-17-38)46(67)62-49-52(5,6)50(53(49,7)8)72-40-18-15-36(27-58)41(26-40)54(55,56)57/h9-18,26,31,37,39,42,45,49-50,65H,19-25,28-30H2,1-8H3,(H,59,68)(H,61,66)(H,62,67)/t37-,42+,45-,49?,50?/m1/s1. The van der Waals surface area contributed by atoms with Crippen molar-refractivity contribution in [3.63, 3.8) is 0 Å². The van der Waals surface area contributed by atoms with Gasteiger partial charge in [-0.25, -0.2) is 4.98 Å². The third-order valence-corrected chi connectivity index (χ3v) is 15.2. The largest absolute Gasteiger partial charge is 0.491 e. The Hall–Kier alpha value is -6.07. The maximum absolute atomic E-state index is 14.1. The number of alkyl halides is 3. The summed E-state index contributed by atoms with van der Waals surface area (Å²) in [6.45, 7) is 17.2. The number of halogens is 3. The zero-order valence-electron chi connectivity index (χ0n) is 42.6. The second-order valence-electron chi connectivity index (χ2n) is 21.5. The maximum atomic E-state index is 14.1. The van der Waals surface area contributed by atoms with E-state index in [2.05, 4.69) is 20.9 Å². The number of aliphatic hydroxyl groups is 1. The van der Waals surface area contributed by atoms with E-state index in [0.717, 1.165) is 33.8 Å². The molecule has 15 nitrogen and oxygen atoms in total. The van der Waals surface area contributed by atoms with Gasteiger partial charge in [-0.3, -0.25) is 24.1 Å². The summed E-state index contributed by atoms with van der Waals surface area (Å²) in [5, 5.41) is 28.8. The summed E-state index contributed by atoms with van der Waals surface area (Å²) < 4.78 is 58.9. The minimum Gasteiger partial charge on any atom is -0.491 e. The van der Waals surface area contributed by atoms with Crippen molar-refractivity contribution in [2.75, 3.05) is 39.4 Å². The first kappa shape index (κ1) is 54.7. The number of rotatable bonds is 17. The van der Waals surface area contributed by atoms with E-state index in [0.29, 0.717) is 43.9 Å². The molecular weight excluding hydrogens is 964 g/mol. The van der Waals surface area contributed by atoms with E-state index >= 15 is 0 Å². The number of hydrogen-bond donors (Lipinski definition) is 4. The number of aromatic nitrogens is 1. The lowest BCUT2D eigenvalue weighted by atomic mass is 9.49. The lowest BCUT2D eigenvalue weighted by Gasteiger charge is -2.63. The molecule has 0 spiro atoms. The lowest BCUT2D eigenvalue weighted by Crippen LogP contribution is -2.74. The first-order valence-electron chi connectivity index (χ1n) is 24.6. The van der Waals surface area contributed by atoms with Gasteiger partial charge in [0.15, 0.2) is 0 Å². The van der Waals surface area contributed by atoms with Gasteiger partial charge in [-0.1, -0.05) is 72.7 Å². The number of carbonyl (C=O) groups is 4. The molecule has 3 heterocycles. The van der Waals surface area contributed by atoms with Gasteiger partial charge in [0.1, 0.15) is 36.3 Å². The zero-order valence-corrected chi connectivity index (χ0v) is 43.4. The number of β-amino-alcohol motifs (C(OH)–C–C–N with tert-alkyl or cyclic N) is 1. The van der Waals surface area contributed by atoms with Crippen molar-refractivity contribution >= 4 is 35.0 Å². The van der Waals surface area contributed by atoms with E-state index in [4.69, 9.17) is 19.5 Å². The number of hydrogen-bond acceptors (Lipinski definition) is 12. The number of piperidine rings is 1.